The van der Waals surface area contributed by atoms with E-state index >= 15 is 0 Å². The molecule has 1 aliphatic carbocycles. The first-order valence-electron chi connectivity index (χ1n) is 21.9. The molecule has 0 saturated heterocycles. The second-order valence-corrected chi connectivity index (χ2v) is 16.5. The van der Waals surface area contributed by atoms with E-state index in [9.17, 15) is 9.59 Å². The van der Waals surface area contributed by atoms with E-state index in [1.807, 2.05) is 52.5 Å². The van der Waals surface area contributed by atoms with Gasteiger partial charge in [0.2, 0.25) is 0 Å². The van der Waals surface area contributed by atoms with Crippen molar-refractivity contribution in [3.8, 4) is 0 Å². The minimum absolute atomic E-state index is 0.0181. The van der Waals surface area contributed by atoms with Gasteiger partial charge in [0.15, 0.2) is 0 Å². The van der Waals surface area contributed by atoms with Crippen LogP contribution in [0, 0.1) is 11.8 Å². The third-order valence-corrected chi connectivity index (χ3v) is 11.3. The number of rotatable bonds is 26. The zero-order valence-electron chi connectivity index (χ0n) is 35.3. The molecule has 0 radical (unpaired) electrons. The molecule has 2 N–H and O–H groups in total. The van der Waals surface area contributed by atoms with E-state index in [-0.39, 0.29) is 12.1 Å². The van der Waals surface area contributed by atoms with Gasteiger partial charge < -0.3 is 30.2 Å². The lowest BCUT2D eigenvalue weighted by molar-refractivity contribution is 0.159. The molecule has 4 amide bonds. The van der Waals surface area contributed by atoms with Crippen LogP contribution in [0.5, 0.6) is 0 Å². The van der Waals surface area contributed by atoms with Gasteiger partial charge in [0.1, 0.15) is 0 Å². The van der Waals surface area contributed by atoms with Crippen LogP contribution in [0.15, 0.2) is 48.5 Å². The highest BCUT2D eigenvalue weighted by Crippen LogP contribution is 2.31. The first-order chi connectivity index (χ1) is 26.2. The molecule has 3 rings (SSSR count). The molecular weight excluding hydrogens is 669 g/mol. The summed E-state index contributed by atoms with van der Waals surface area (Å²) in [6.07, 6.45) is 24.5. The van der Waals surface area contributed by atoms with E-state index in [1.54, 1.807) is 0 Å². The van der Waals surface area contributed by atoms with Crippen LogP contribution in [0.25, 0.3) is 0 Å². The summed E-state index contributed by atoms with van der Waals surface area (Å²) in [5, 5.41) is 6.41. The maximum absolute atomic E-state index is 13.7. The molecule has 0 bridgehead atoms. The first kappa shape index (κ1) is 45.0. The van der Waals surface area contributed by atoms with Crippen molar-refractivity contribution in [2.75, 3.05) is 74.8 Å². The Balaban J connectivity index is 1.56. The van der Waals surface area contributed by atoms with Crippen molar-refractivity contribution >= 4 is 34.8 Å². The van der Waals surface area contributed by atoms with Crippen LogP contribution >= 0.6 is 0 Å². The highest BCUT2D eigenvalue weighted by Gasteiger charge is 2.27. The Morgan fingerprint density at radius 2 is 0.778 bits per heavy atom. The Labute approximate surface area is 330 Å². The molecule has 2 aromatic rings. The van der Waals surface area contributed by atoms with Crippen molar-refractivity contribution in [3.63, 3.8) is 0 Å². The van der Waals surface area contributed by atoms with Gasteiger partial charge in [-0.25, -0.2) is 9.59 Å². The number of unbranched alkanes of at least 4 members (excludes halogenated alkanes) is 14. The molecule has 1 aliphatic rings. The van der Waals surface area contributed by atoms with Gasteiger partial charge in [-0.2, -0.15) is 0 Å². The van der Waals surface area contributed by atoms with Crippen LogP contribution in [0.3, 0.4) is 0 Å². The molecule has 1 saturated carbocycles. The Hall–Kier alpha value is -3.42. The van der Waals surface area contributed by atoms with E-state index in [0.29, 0.717) is 11.8 Å². The number of hydrogen-bond acceptors (Lipinski definition) is 4. The predicted molar refractivity (Wildman–Crippen MR) is 233 cm³/mol. The average molecular weight is 747 g/mol. The Morgan fingerprint density at radius 1 is 0.481 bits per heavy atom. The predicted octanol–water partition coefficient (Wildman–Crippen LogP) is 12.3. The molecule has 304 valence electrons. The number of nitrogens with zero attached hydrogens (tertiary/aromatic N) is 4. The lowest BCUT2D eigenvalue weighted by atomic mass is 9.81. The number of hydrogen-bond donors (Lipinski definition) is 2. The normalized spacial score (nSPS) is 15.4. The fourth-order valence-corrected chi connectivity index (χ4v) is 7.74. The summed E-state index contributed by atoms with van der Waals surface area (Å²) in [4.78, 5) is 35.7. The van der Waals surface area contributed by atoms with Crippen LogP contribution in [-0.4, -0.2) is 76.2 Å². The molecule has 1 fully saturated rings. The summed E-state index contributed by atoms with van der Waals surface area (Å²) in [7, 11) is 8.12. The molecule has 0 atom stereocenters. The molecule has 54 heavy (non-hydrogen) atoms. The van der Waals surface area contributed by atoms with Crippen molar-refractivity contribution in [1.29, 1.82) is 0 Å². The Morgan fingerprint density at radius 3 is 1.07 bits per heavy atom. The smallest absolute Gasteiger partial charge is 0.321 e. The minimum Gasteiger partial charge on any atom is -0.378 e. The zero-order chi connectivity index (χ0) is 39.0. The molecular formula is C46H78N6O2. The van der Waals surface area contributed by atoms with Gasteiger partial charge in [-0.15, -0.1) is 0 Å². The number of benzene rings is 2. The van der Waals surface area contributed by atoms with E-state index in [4.69, 9.17) is 0 Å². The average Bonchev–Trinajstić information content (AvgIpc) is 3.17. The monoisotopic (exact) mass is 747 g/mol. The standard InChI is InChI=1S/C46H78N6O2/c1-7-9-11-13-15-17-19-21-35-51(45(53)47-41-27-31-43(32-28-41)49(3)4)37-39-23-25-40(26-24-39)38-52(36-22-20-18-16-14-12-10-8-2)46(54)48-42-29-33-44(34-30-42)50(5)6/h27-34,39-40H,7-26,35-38H2,1-6H3,(H,47,53)(H,48,54)/t39-,40+. The number of urea groups is 2. The van der Waals surface area contributed by atoms with E-state index in [0.717, 1.165) is 87.5 Å². The third kappa shape index (κ3) is 17.8. The Bertz CT molecular complexity index is 1170. The quantitative estimate of drug-likeness (QED) is 0.0940. The maximum Gasteiger partial charge on any atom is 0.321 e. The lowest BCUT2D eigenvalue weighted by Crippen LogP contribution is -2.42. The molecule has 2 aromatic carbocycles. The zero-order valence-corrected chi connectivity index (χ0v) is 35.3. The SMILES string of the molecule is CCCCCCCCCCN(C[C@H]1CC[C@@H](CN(CCCCCCCCCC)C(=O)Nc2ccc(N(C)C)cc2)CC1)C(=O)Nc1ccc(N(C)C)cc1. The molecule has 0 unspecified atom stereocenters. The number of carbonyl (C=O) groups excluding carboxylic acids is 2. The minimum atomic E-state index is 0.0181. The lowest BCUT2D eigenvalue weighted by Gasteiger charge is -2.35. The fraction of sp³-hybridized carbons (Fsp3) is 0.696. The van der Waals surface area contributed by atoms with Gasteiger partial charge in [-0.05, 0) is 98.9 Å². The molecule has 0 aliphatic heterocycles. The fourth-order valence-electron chi connectivity index (χ4n) is 7.74. The summed E-state index contributed by atoms with van der Waals surface area (Å²) in [5.41, 5.74) is 3.93. The summed E-state index contributed by atoms with van der Waals surface area (Å²) in [6, 6.07) is 16.3. The van der Waals surface area contributed by atoms with Gasteiger partial charge >= 0.3 is 12.1 Å². The van der Waals surface area contributed by atoms with E-state index in [2.05, 4.69) is 68.3 Å². The van der Waals surface area contributed by atoms with E-state index in [1.165, 1.54) is 89.9 Å². The molecule has 0 heterocycles. The largest absolute Gasteiger partial charge is 0.378 e. The topological polar surface area (TPSA) is 71.2 Å². The second kappa shape index (κ2) is 26.4. The molecule has 8 heteroatoms. The second-order valence-electron chi connectivity index (χ2n) is 16.5. The Kier molecular flexibility index (Phi) is 22.0. The van der Waals surface area contributed by atoms with Crippen molar-refractivity contribution in [2.24, 2.45) is 11.8 Å². The molecule has 8 nitrogen and oxygen atoms in total. The summed E-state index contributed by atoms with van der Waals surface area (Å²) >= 11 is 0. The number of carbonyl (C=O) groups is 2. The summed E-state index contributed by atoms with van der Waals surface area (Å²) < 4.78 is 0. The van der Waals surface area contributed by atoms with Gasteiger partial charge in [0, 0.05) is 77.1 Å². The van der Waals surface area contributed by atoms with Crippen LogP contribution in [0.4, 0.5) is 32.3 Å². The van der Waals surface area contributed by atoms with Gasteiger partial charge in [0.25, 0.3) is 0 Å². The van der Waals surface area contributed by atoms with Gasteiger partial charge in [-0.1, -0.05) is 104 Å². The van der Waals surface area contributed by atoms with Gasteiger partial charge in [0.05, 0.1) is 0 Å². The van der Waals surface area contributed by atoms with Gasteiger partial charge in [-0.3, -0.25) is 0 Å². The molecule has 0 spiro atoms. The van der Waals surface area contributed by atoms with Crippen LogP contribution in [-0.2, 0) is 0 Å². The van der Waals surface area contributed by atoms with Crippen LogP contribution in [0.1, 0.15) is 142 Å². The maximum atomic E-state index is 13.7. The third-order valence-electron chi connectivity index (χ3n) is 11.3. The summed E-state index contributed by atoms with van der Waals surface area (Å²) in [6.45, 7) is 7.74. The van der Waals surface area contributed by atoms with E-state index < -0.39 is 0 Å². The summed E-state index contributed by atoms with van der Waals surface area (Å²) in [5.74, 6) is 0.977. The highest BCUT2D eigenvalue weighted by molar-refractivity contribution is 5.90. The van der Waals surface area contributed by atoms with Crippen LogP contribution < -0.4 is 20.4 Å². The first-order valence-corrected chi connectivity index (χ1v) is 21.9. The number of anilines is 4. The number of nitrogens with one attached hydrogen (secondary N) is 2. The highest BCUT2D eigenvalue weighted by atomic mass is 16.2. The van der Waals surface area contributed by atoms with Crippen molar-refractivity contribution < 1.29 is 9.59 Å². The van der Waals surface area contributed by atoms with Crippen LogP contribution in [0.2, 0.25) is 0 Å². The molecule has 0 aromatic heterocycles. The van der Waals surface area contributed by atoms with Crippen molar-refractivity contribution in [2.45, 2.75) is 142 Å². The van der Waals surface area contributed by atoms with Crippen molar-refractivity contribution in [1.82, 2.24) is 9.80 Å². The number of amides is 4. The van der Waals surface area contributed by atoms with Crippen molar-refractivity contribution in [3.05, 3.63) is 48.5 Å².